The molecule has 0 aromatic carbocycles. The van der Waals surface area contributed by atoms with Crippen LogP contribution in [0.1, 0.15) is 0 Å². The molecule has 0 unspecified atom stereocenters. The van der Waals surface area contributed by atoms with Crippen LogP contribution in [-0.2, 0) is 0 Å². The van der Waals surface area contributed by atoms with Gasteiger partial charge in [0, 0.05) is 55.8 Å². The van der Waals surface area contributed by atoms with Crippen LogP contribution in [0.3, 0.4) is 0 Å². The molecule has 0 N–H and O–H groups in total. The Morgan fingerprint density at radius 1 is 1.57 bits per heavy atom. The van der Waals surface area contributed by atoms with E-state index >= 15 is 0 Å². The maximum absolute atomic E-state index is 4.61. The minimum atomic E-state index is 0. The summed E-state index contributed by atoms with van der Waals surface area (Å²) in [5.41, 5.74) is 0. The largest absolute Gasteiger partial charge is 0.364 e. The summed E-state index contributed by atoms with van der Waals surface area (Å²) >= 11 is 8.46. The van der Waals surface area contributed by atoms with Crippen LogP contribution < -0.4 is 0 Å². The van der Waals surface area contributed by atoms with E-state index < -0.39 is 0 Å². The van der Waals surface area contributed by atoms with Gasteiger partial charge in [-0.2, -0.15) is 0 Å². The van der Waals surface area contributed by atoms with Gasteiger partial charge in [-0.05, 0) is 0 Å². The maximum atomic E-state index is 4.61. The molecule has 4 heteroatoms. The molecule has 40 valence electrons. The Bertz CT molecular complexity index is 64.0. The van der Waals surface area contributed by atoms with Gasteiger partial charge in [-0.3, -0.25) is 0 Å². The molecule has 0 atom stereocenters. The molecule has 0 aliphatic rings. The Hall–Kier alpha value is 1.62. The summed E-state index contributed by atoms with van der Waals surface area (Å²) in [6.07, 6.45) is 0. The van der Waals surface area contributed by atoms with Crippen LogP contribution >= 0.6 is 24.8 Å². The number of hydrogen-bond acceptors (Lipinski definition) is 1. The molecule has 0 aliphatic carbocycles. The van der Waals surface area contributed by atoms with Crippen molar-refractivity contribution in [2.75, 3.05) is 14.1 Å². The van der Waals surface area contributed by atoms with E-state index in [2.05, 4.69) is 24.8 Å². The molecule has 0 radical (unpaired) electrons. The van der Waals surface area contributed by atoms with Crippen molar-refractivity contribution < 1.29 is 41.7 Å². The van der Waals surface area contributed by atoms with E-state index in [-0.39, 0.29) is 41.7 Å². The summed E-state index contributed by atoms with van der Waals surface area (Å²) in [6.45, 7) is 0. The Balaban J connectivity index is 0. The van der Waals surface area contributed by atoms with E-state index in [1.807, 2.05) is 14.1 Å². The minimum absolute atomic E-state index is 0. The van der Waals surface area contributed by atoms with E-state index in [0.29, 0.717) is 4.32 Å². The second-order valence-corrected chi connectivity index (χ2v) is 2.29. The topological polar surface area (TPSA) is 3.24 Å². The Labute approximate surface area is 88.6 Å². The molecule has 0 heterocycles. The number of rotatable bonds is 0. The number of nitrogens with zero attached hydrogens (tertiary/aromatic N) is 1. The average Bonchev–Trinajstić information content (AvgIpc) is 1.36. The van der Waals surface area contributed by atoms with Gasteiger partial charge in [0.1, 0.15) is 4.32 Å². The second-order valence-electron chi connectivity index (χ2n) is 1.18. The quantitative estimate of drug-likeness (QED) is 0.507. The van der Waals surface area contributed by atoms with Crippen LogP contribution in [0.2, 0.25) is 0 Å². The van der Waals surface area contributed by atoms with Crippen molar-refractivity contribution in [1.82, 2.24) is 4.90 Å². The molecule has 0 aliphatic heterocycles. The first kappa shape index (κ1) is 11.4. The predicted molar refractivity (Wildman–Crippen MR) is 35.3 cm³/mol. The van der Waals surface area contributed by atoms with Crippen molar-refractivity contribution in [2.24, 2.45) is 0 Å². The van der Waals surface area contributed by atoms with Gasteiger partial charge in [-0.1, -0.05) is 12.2 Å². The molecule has 0 fully saturated rings. The normalized spacial score (nSPS) is 6.71. The van der Waals surface area contributed by atoms with Crippen LogP contribution in [0.15, 0.2) is 0 Å². The van der Waals surface area contributed by atoms with Crippen molar-refractivity contribution >= 4 is 29.2 Å². The zero-order valence-electron chi connectivity index (χ0n) is 4.30. The van der Waals surface area contributed by atoms with Crippen LogP contribution in [0.25, 0.3) is 0 Å². The number of thiol groups is 1. The van der Waals surface area contributed by atoms with Crippen LogP contribution in [0, 0.1) is 41.7 Å². The minimum Gasteiger partial charge on any atom is -0.364 e. The van der Waals surface area contributed by atoms with E-state index in [9.17, 15) is 0 Å². The van der Waals surface area contributed by atoms with Gasteiger partial charge in [-0.15, -0.1) is 12.6 Å². The molecule has 0 spiro atoms. The molecule has 0 amide bonds. The van der Waals surface area contributed by atoms with Crippen molar-refractivity contribution in [1.29, 1.82) is 0 Å². The summed E-state index contributed by atoms with van der Waals surface area (Å²) in [7, 11) is 3.71. The Kier molecular flexibility index (Phi) is 9.38. The summed E-state index contributed by atoms with van der Waals surface area (Å²) in [5.74, 6) is 0. The van der Waals surface area contributed by atoms with Crippen molar-refractivity contribution in [3.05, 3.63) is 0 Å². The van der Waals surface area contributed by atoms with Crippen molar-refractivity contribution in [2.45, 2.75) is 0 Å². The molecule has 0 saturated carbocycles. The molecular weight excluding hydrogens is 254 g/mol. The van der Waals surface area contributed by atoms with Gasteiger partial charge in [0.25, 0.3) is 0 Å². The zero-order valence-corrected chi connectivity index (χ0v) is 9.15. The van der Waals surface area contributed by atoms with Gasteiger partial charge >= 0.3 is 0 Å². The standard InChI is InChI=1S/C3H7NS2.Ce/c1-4(2)3(5)6;/h1-2H3,(H,5,6);. The van der Waals surface area contributed by atoms with Crippen LogP contribution in [0.5, 0.6) is 0 Å². The van der Waals surface area contributed by atoms with E-state index in [1.54, 1.807) is 4.90 Å². The summed E-state index contributed by atoms with van der Waals surface area (Å²) < 4.78 is 0.620. The predicted octanol–water partition coefficient (Wildman–Crippen LogP) is 0.763. The fraction of sp³-hybridized carbons (Fsp3) is 0.667. The fourth-order valence-electron chi connectivity index (χ4n) is 0. The molecular formula is C3H7CeNS2. The SMILES string of the molecule is CN(C)C(=S)S.[Ce]. The Morgan fingerprint density at radius 3 is 1.71 bits per heavy atom. The van der Waals surface area contributed by atoms with E-state index in [4.69, 9.17) is 0 Å². The molecule has 0 bridgehead atoms. The third-order valence-electron chi connectivity index (χ3n) is 0.383. The van der Waals surface area contributed by atoms with Gasteiger partial charge in [0.2, 0.25) is 0 Å². The molecule has 0 aromatic rings. The monoisotopic (exact) mass is 261 g/mol. The summed E-state index contributed by atoms with van der Waals surface area (Å²) in [4.78, 5) is 1.76. The molecule has 1 nitrogen and oxygen atoms in total. The van der Waals surface area contributed by atoms with Crippen LogP contribution in [-0.4, -0.2) is 23.3 Å². The maximum Gasteiger partial charge on any atom is 0.132 e. The first-order valence-electron chi connectivity index (χ1n) is 1.55. The van der Waals surface area contributed by atoms with Gasteiger partial charge in [0.05, 0.1) is 0 Å². The first-order chi connectivity index (χ1) is 2.64. The molecule has 0 saturated heterocycles. The molecule has 0 aromatic heterocycles. The molecule has 0 rings (SSSR count). The number of thiocarbonyl (C=S) groups is 1. The van der Waals surface area contributed by atoms with Crippen molar-refractivity contribution in [3.8, 4) is 0 Å². The average molecular weight is 261 g/mol. The fourth-order valence-corrected chi connectivity index (χ4v) is 0. The second kappa shape index (κ2) is 5.75. The summed E-state index contributed by atoms with van der Waals surface area (Å²) in [6, 6.07) is 0. The van der Waals surface area contributed by atoms with Gasteiger partial charge in [0.15, 0.2) is 0 Å². The third kappa shape index (κ3) is 7.62. The first-order valence-corrected chi connectivity index (χ1v) is 2.40. The van der Waals surface area contributed by atoms with Crippen LogP contribution in [0.4, 0.5) is 0 Å². The summed E-state index contributed by atoms with van der Waals surface area (Å²) in [5, 5.41) is 0. The molecule has 7 heavy (non-hydrogen) atoms. The van der Waals surface area contributed by atoms with E-state index in [1.165, 1.54) is 0 Å². The number of hydrogen-bond donors (Lipinski definition) is 1. The smallest absolute Gasteiger partial charge is 0.132 e. The van der Waals surface area contributed by atoms with Crippen molar-refractivity contribution in [3.63, 3.8) is 0 Å². The zero-order chi connectivity index (χ0) is 5.15. The van der Waals surface area contributed by atoms with Gasteiger partial charge in [-0.25, -0.2) is 0 Å². The van der Waals surface area contributed by atoms with E-state index in [0.717, 1.165) is 0 Å². The third-order valence-corrected chi connectivity index (χ3v) is 1.15. The Morgan fingerprint density at radius 2 is 1.71 bits per heavy atom. The van der Waals surface area contributed by atoms with Gasteiger partial charge < -0.3 is 4.90 Å².